The van der Waals surface area contributed by atoms with Crippen molar-refractivity contribution in [1.82, 2.24) is 5.32 Å². The lowest BCUT2D eigenvalue weighted by atomic mass is 10.0. The zero-order valence-corrected chi connectivity index (χ0v) is 14.0. The second-order valence-electron chi connectivity index (χ2n) is 6.21. The van der Waals surface area contributed by atoms with Gasteiger partial charge in [0.2, 0.25) is 0 Å². The van der Waals surface area contributed by atoms with Crippen molar-refractivity contribution in [3.63, 3.8) is 0 Å². The fourth-order valence-corrected chi connectivity index (χ4v) is 4.06. The maximum atomic E-state index is 12.9. The third-order valence-electron chi connectivity index (χ3n) is 4.31. The Bertz CT molecular complexity index is 1000. The average Bonchev–Trinajstić information content (AvgIpc) is 3.08. The number of amidine groups is 1. The van der Waals surface area contributed by atoms with Crippen molar-refractivity contribution in [2.24, 2.45) is 4.99 Å². The second-order valence-corrected chi connectivity index (χ2v) is 7.29. The fourth-order valence-electron chi connectivity index (χ4n) is 2.97. The van der Waals surface area contributed by atoms with Crippen LogP contribution in [0.1, 0.15) is 30.9 Å². The molecule has 4 rings (SSSR count). The highest BCUT2D eigenvalue weighted by Gasteiger charge is 2.12. The number of nitrogens with one attached hydrogen (secondary N) is 1. The number of rotatable bonds is 2. The molecule has 3 aromatic rings. The van der Waals surface area contributed by atoms with Gasteiger partial charge in [0.25, 0.3) is 0 Å². The number of fused-ring (bicyclic) bond motifs is 2. The molecule has 0 atom stereocenters. The van der Waals surface area contributed by atoms with Crippen LogP contribution in [0.3, 0.4) is 0 Å². The summed E-state index contributed by atoms with van der Waals surface area (Å²) in [5.74, 6) is 1.36. The summed E-state index contributed by atoms with van der Waals surface area (Å²) < 4.78 is 2.07. The summed E-state index contributed by atoms with van der Waals surface area (Å²) in [6.07, 6.45) is 0. The Hall–Kier alpha value is -2.20. The lowest BCUT2D eigenvalue weighted by molar-refractivity contribution is 0.869. The van der Waals surface area contributed by atoms with E-state index in [1.54, 1.807) is 11.3 Å². The molecule has 1 aliphatic heterocycles. The van der Waals surface area contributed by atoms with Crippen LogP contribution in [0.15, 0.2) is 46.2 Å². The normalized spacial score (nSPS) is 14.5. The molecule has 4 heteroatoms. The van der Waals surface area contributed by atoms with Gasteiger partial charge in [-0.25, -0.2) is 0 Å². The molecule has 3 nitrogen and oxygen atoms in total. The van der Waals surface area contributed by atoms with Crippen molar-refractivity contribution in [2.45, 2.75) is 19.8 Å². The summed E-state index contributed by atoms with van der Waals surface area (Å²) in [5.41, 5.74) is 2.40. The fraction of sp³-hybridized carbons (Fsp3) is 0.263. The smallest absolute Gasteiger partial charge is 0.195 e. The molecule has 0 saturated heterocycles. The molecule has 1 aromatic heterocycles. The zero-order valence-electron chi connectivity index (χ0n) is 13.2. The third kappa shape index (κ3) is 2.43. The van der Waals surface area contributed by atoms with Crippen LogP contribution in [0.2, 0.25) is 0 Å². The highest BCUT2D eigenvalue weighted by Crippen LogP contribution is 2.28. The number of hydrogen-bond acceptors (Lipinski definition) is 4. The van der Waals surface area contributed by atoms with Crippen molar-refractivity contribution >= 4 is 37.3 Å². The van der Waals surface area contributed by atoms with E-state index in [-0.39, 0.29) is 5.43 Å². The topological polar surface area (TPSA) is 41.5 Å². The molecule has 0 bridgehead atoms. The Morgan fingerprint density at radius 3 is 2.70 bits per heavy atom. The molecule has 116 valence electrons. The molecule has 0 saturated carbocycles. The Balaban J connectivity index is 1.96. The molecular formula is C19H18N2OS. The summed E-state index contributed by atoms with van der Waals surface area (Å²) >= 11 is 1.68. The first-order chi connectivity index (χ1) is 11.1. The molecule has 0 fully saturated rings. The maximum absolute atomic E-state index is 12.9. The number of benzene rings is 2. The van der Waals surface area contributed by atoms with Crippen molar-refractivity contribution in [2.75, 3.05) is 13.1 Å². The summed E-state index contributed by atoms with van der Waals surface area (Å²) in [5, 5.41) is 4.91. The van der Waals surface area contributed by atoms with Gasteiger partial charge in [-0.2, -0.15) is 0 Å². The van der Waals surface area contributed by atoms with Crippen LogP contribution in [0.25, 0.3) is 20.2 Å². The van der Waals surface area contributed by atoms with Gasteiger partial charge in [-0.3, -0.25) is 9.79 Å². The van der Waals surface area contributed by atoms with E-state index in [9.17, 15) is 4.79 Å². The molecule has 0 spiro atoms. The highest BCUT2D eigenvalue weighted by atomic mass is 32.1. The van der Waals surface area contributed by atoms with Gasteiger partial charge in [-0.1, -0.05) is 26.0 Å². The van der Waals surface area contributed by atoms with E-state index in [1.807, 2.05) is 12.1 Å². The summed E-state index contributed by atoms with van der Waals surface area (Å²) in [4.78, 5) is 17.3. The van der Waals surface area contributed by atoms with Gasteiger partial charge in [0.15, 0.2) is 5.43 Å². The van der Waals surface area contributed by atoms with Gasteiger partial charge in [0, 0.05) is 32.3 Å². The quantitative estimate of drug-likeness (QED) is 0.727. The molecule has 2 aromatic carbocycles. The Kier molecular flexibility index (Phi) is 3.42. The van der Waals surface area contributed by atoms with Gasteiger partial charge in [-0.15, -0.1) is 11.3 Å². The number of nitrogens with zero attached hydrogens (tertiary/aromatic N) is 1. The van der Waals surface area contributed by atoms with Gasteiger partial charge in [-0.05, 0) is 35.7 Å². The van der Waals surface area contributed by atoms with E-state index >= 15 is 0 Å². The van der Waals surface area contributed by atoms with Crippen molar-refractivity contribution in [3.8, 4) is 0 Å². The summed E-state index contributed by atoms with van der Waals surface area (Å²) in [7, 11) is 0. The standard InChI is InChI=1S/C19H18N2OS/c1-11(2)12-4-6-16-15(9-12)18(22)14-5-3-13(10-17(14)23-16)19-20-7-8-21-19/h3-6,9-11H,7-8H2,1-2H3,(H,20,21). The SMILES string of the molecule is CC(C)c1ccc2sc3cc(C4=NCCN4)ccc3c(=O)c2c1. The first kappa shape index (κ1) is 14.4. The van der Waals surface area contributed by atoms with E-state index in [0.717, 1.165) is 44.7 Å². The molecule has 1 aliphatic rings. The van der Waals surface area contributed by atoms with Crippen LogP contribution < -0.4 is 10.7 Å². The second kappa shape index (κ2) is 5.46. The van der Waals surface area contributed by atoms with Crippen LogP contribution in [0.5, 0.6) is 0 Å². The minimum atomic E-state index is 0.129. The highest BCUT2D eigenvalue weighted by molar-refractivity contribution is 7.24. The lowest BCUT2D eigenvalue weighted by Crippen LogP contribution is -2.19. The molecule has 23 heavy (non-hydrogen) atoms. The van der Waals surface area contributed by atoms with Crippen molar-refractivity contribution < 1.29 is 0 Å². The Morgan fingerprint density at radius 2 is 1.96 bits per heavy atom. The molecule has 1 N–H and O–H groups in total. The van der Waals surface area contributed by atoms with Crippen molar-refractivity contribution in [1.29, 1.82) is 0 Å². The van der Waals surface area contributed by atoms with Crippen LogP contribution in [0, 0.1) is 0 Å². The Labute approximate surface area is 138 Å². The first-order valence-electron chi connectivity index (χ1n) is 7.93. The van der Waals surface area contributed by atoms with E-state index in [1.165, 1.54) is 5.56 Å². The minimum absolute atomic E-state index is 0.129. The Morgan fingerprint density at radius 1 is 1.09 bits per heavy atom. The van der Waals surface area contributed by atoms with Gasteiger partial charge < -0.3 is 5.32 Å². The van der Waals surface area contributed by atoms with Crippen LogP contribution >= 0.6 is 11.3 Å². The van der Waals surface area contributed by atoms with Crippen LogP contribution in [0.4, 0.5) is 0 Å². The molecular weight excluding hydrogens is 304 g/mol. The van der Waals surface area contributed by atoms with Crippen LogP contribution in [-0.2, 0) is 0 Å². The van der Waals surface area contributed by atoms with E-state index < -0.39 is 0 Å². The third-order valence-corrected chi connectivity index (χ3v) is 5.44. The van der Waals surface area contributed by atoms with E-state index in [4.69, 9.17) is 0 Å². The lowest BCUT2D eigenvalue weighted by Gasteiger charge is -2.08. The molecule has 0 unspecified atom stereocenters. The van der Waals surface area contributed by atoms with E-state index in [2.05, 4.69) is 48.4 Å². The molecule has 0 aliphatic carbocycles. The summed E-state index contributed by atoms with van der Waals surface area (Å²) in [6.45, 7) is 6.01. The number of aliphatic imine (C=N–C) groups is 1. The maximum Gasteiger partial charge on any atom is 0.195 e. The minimum Gasteiger partial charge on any atom is -0.368 e. The summed E-state index contributed by atoms with van der Waals surface area (Å²) in [6, 6.07) is 12.3. The van der Waals surface area contributed by atoms with Gasteiger partial charge >= 0.3 is 0 Å². The van der Waals surface area contributed by atoms with Crippen molar-refractivity contribution in [3.05, 3.63) is 57.7 Å². The average molecular weight is 322 g/mol. The largest absolute Gasteiger partial charge is 0.368 e. The van der Waals surface area contributed by atoms with Gasteiger partial charge in [0.05, 0.1) is 6.54 Å². The monoisotopic (exact) mass is 322 g/mol. The van der Waals surface area contributed by atoms with Gasteiger partial charge in [0.1, 0.15) is 5.84 Å². The van der Waals surface area contributed by atoms with Crippen LogP contribution in [-0.4, -0.2) is 18.9 Å². The molecule has 0 radical (unpaired) electrons. The predicted molar refractivity (Wildman–Crippen MR) is 99.1 cm³/mol. The zero-order chi connectivity index (χ0) is 16.0. The number of hydrogen-bond donors (Lipinski definition) is 1. The first-order valence-corrected chi connectivity index (χ1v) is 8.74. The predicted octanol–water partition coefficient (Wildman–Crippen LogP) is 3.89. The van der Waals surface area contributed by atoms with E-state index in [0.29, 0.717) is 5.92 Å². The molecule has 0 amide bonds. The molecule has 2 heterocycles.